The molecule has 2 aromatic heterocycles. The van der Waals surface area contributed by atoms with E-state index in [-0.39, 0.29) is 25.4 Å². The van der Waals surface area contributed by atoms with Gasteiger partial charge >= 0.3 is 0 Å². The van der Waals surface area contributed by atoms with Crippen LogP contribution in [0.3, 0.4) is 0 Å². The molecule has 0 fully saturated rings. The fraction of sp³-hybridized carbons (Fsp3) is 0.161. The molecule has 0 spiro atoms. The lowest BCUT2D eigenvalue weighted by molar-refractivity contribution is -0.123. The van der Waals surface area contributed by atoms with Crippen molar-refractivity contribution in [3.8, 4) is 17.1 Å². The molecule has 5 rings (SSSR count). The van der Waals surface area contributed by atoms with Crippen molar-refractivity contribution in [3.63, 3.8) is 0 Å². The van der Waals surface area contributed by atoms with Crippen LogP contribution in [0.2, 0.25) is 5.02 Å². The van der Waals surface area contributed by atoms with Crippen molar-refractivity contribution in [2.24, 2.45) is 0 Å². The predicted molar refractivity (Wildman–Crippen MR) is 171 cm³/mol. The molecular weight excluding hydrogens is 627 g/mol. The van der Waals surface area contributed by atoms with Gasteiger partial charge in [-0.2, -0.15) is 0 Å². The highest BCUT2D eigenvalue weighted by Gasteiger charge is 2.11. The van der Waals surface area contributed by atoms with Gasteiger partial charge in [-0.1, -0.05) is 23.7 Å². The minimum Gasteiger partial charge on any atom is -0.487 e. The Morgan fingerprint density at radius 2 is 1.80 bits per heavy atom. The third-order valence-corrected chi connectivity index (χ3v) is 7.00. The van der Waals surface area contributed by atoms with Crippen molar-refractivity contribution in [2.45, 2.75) is 13.2 Å². The van der Waals surface area contributed by atoms with Crippen LogP contribution in [-0.2, 0) is 33.5 Å². The Kier molecular flexibility index (Phi) is 13.9. The Morgan fingerprint density at radius 1 is 1.02 bits per heavy atom. The lowest BCUT2D eigenvalue weighted by Gasteiger charge is -2.12. The monoisotopic (exact) mass is 656 g/mol. The zero-order valence-electron chi connectivity index (χ0n) is 24.0. The van der Waals surface area contributed by atoms with Crippen LogP contribution in [0.25, 0.3) is 22.2 Å². The van der Waals surface area contributed by atoms with E-state index >= 15 is 0 Å². The molecule has 2 heterocycles. The first kappa shape index (κ1) is 34.6. The van der Waals surface area contributed by atoms with Crippen LogP contribution in [0.5, 0.6) is 5.75 Å². The molecule has 0 saturated carbocycles. The van der Waals surface area contributed by atoms with Crippen molar-refractivity contribution >= 4 is 57.8 Å². The first-order chi connectivity index (χ1) is 21.8. The number of aromatic nitrogens is 2. The predicted octanol–water partition coefficient (Wildman–Crippen LogP) is 5.87. The van der Waals surface area contributed by atoms with Crippen molar-refractivity contribution in [3.05, 3.63) is 101 Å². The van der Waals surface area contributed by atoms with Crippen LogP contribution in [-0.4, -0.2) is 55.9 Å². The average molecular weight is 657 g/mol. The molecule has 0 bridgehead atoms. The number of nitrogens with one attached hydrogen (secondary N) is 2. The summed E-state index contributed by atoms with van der Waals surface area (Å²) >= 11 is 6.48. The van der Waals surface area contributed by atoms with Gasteiger partial charge in [0.05, 0.1) is 17.1 Å². The number of ether oxygens (including phenoxy) is 1. The first-order valence-corrected chi connectivity index (χ1v) is 15.3. The van der Waals surface area contributed by atoms with Gasteiger partial charge in [0.15, 0.2) is 0 Å². The molecule has 0 radical (unpaired) electrons. The van der Waals surface area contributed by atoms with E-state index in [1.807, 2.05) is 36.4 Å². The van der Waals surface area contributed by atoms with Gasteiger partial charge in [-0.25, -0.2) is 14.4 Å². The van der Waals surface area contributed by atoms with E-state index in [1.54, 1.807) is 30.5 Å². The SMILES string of the molecule is CS(=O)CCNCc1ccc(-c2ccc3ncnc(Nc4ccc(OCc5cccc(F)c5)c(Cl)c4)c3c2)o1.O=CO.O=CO. The Labute approximate surface area is 265 Å². The number of hydrogen-bond acceptors (Lipinski definition) is 9. The summed E-state index contributed by atoms with van der Waals surface area (Å²) in [5, 5.41) is 21.6. The van der Waals surface area contributed by atoms with Crippen molar-refractivity contribution in [1.82, 2.24) is 15.3 Å². The van der Waals surface area contributed by atoms with E-state index in [4.69, 9.17) is 40.6 Å². The molecule has 1 atom stereocenters. The number of anilines is 2. The van der Waals surface area contributed by atoms with Crippen LogP contribution in [0, 0.1) is 5.82 Å². The van der Waals surface area contributed by atoms with Gasteiger partial charge < -0.3 is 30.0 Å². The highest BCUT2D eigenvalue weighted by Crippen LogP contribution is 2.32. The smallest absolute Gasteiger partial charge is 0.290 e. The second kappa shape index (κ2) is 18.1. The van der Waals surface area contributed by atoms with Crippen molar-refractivity contribution in [2.75, 3.05) is 23.9 Å². The molecule has 0 saturated heterocycles. The summed E-state index contributed by atoms with van der Waals surface area (Å²) in [6, 6.07) is 21.3. The molecule has 3 aromatic carbocycles. The van der Waals surface area contributed by atoms with E-state index < -0.39 is 10.8 Å². The maximum Gasteiger partial charge on any atom is 0.290 e. The second-order valence-electron chi connectivity index (χ2n) is 9.07. The molecule has 0 amide bonds. The molecule has 11 nitrogen and oxygen atoms in total. The lowest BCUT2D eigenvalue weighted by atomic mass is 10.1. The summed E-state index contributed by atoms with van der Waals surface area (Å²) in [6.07, 6.45) is 3.19. The molecule has 0 aliphatic heterocycles. The summed E-state index contributed by atoms with van der Waals surface area (Å²) in [5.74, 6) is 2.92. The number of furan rings is 1. The van der Waals surface area contributed by atoms with Gasteiger partial charge in [0.25, 0.3) is 12.9 Å². The maximum absolute atomic E-state index is 13.4. The summed E-state index contributed by atoms with van der Waals surface area (Å²) in [7, 11) is -0.826. The quantitative estimate of drug-likeness (QED) is 0.0992. The van der Waals surface area contributed by atoms with Crippen LogP contribution in [0.15, 0.2) is 83.5 Å². The minimum absolute atomic E-state index is 0.202. The third kappa shape index (κ3) is 11.0. The molecular formula is C31H30ClFN4O7S. The number of hydrogen-bond donors (Lipinski definition) is 4. The normalized spacial score (nSPS) is 10.9. The van der Waals surface area contributed by atoms with Crippen LogP contribution < -0.4 is 15.4 Å². The van der Waals surface area contributed by atoms with Gasteiger partial charge in [0.2, 0.25) is 0 Å². The first-order valence-electron chi connectivity index (χ1n) is 13.2. The second-order valence-corrected chi connectivity index (χ2v) is 11.0. The van der Waals surface area contributed by atoms with Gasteiger partial charge in [-0.05, 0) is 66.2 Å². The third-order valence-electron chi connectivity index (χ3n) is 5.93. The Hall–Kier alpha value is -4.85. The topological polar surface area (TPSA) is 164 Å². The van der Waals surface area contributed by atoms with E-state index in [0.717, 1.165) is 33.7 Å². The van der Waals surface area contributed by atoms with Gasteiger partial charge in [0, 0.05) is 46.0 Å². The number of carboxylic acid groups (broad SMARTS) is 2. The fourth-order valence-electron chi connectivity index (χ4n) is 3.99. The van der Waals surface area contributed by atoms with E-state index in [9.17, 15) is 8.60 Å². The highest BCUT2D eigenvalue weighted by molar-refractivity contribution is 7.84. The Balaban J connectivity index is 0.000000853. The summed E-state index contributed by atoms with van der Waals surface area (Å²) in [5.41, 5.74) is 3.10. The molecule has 0 aliphatic carbocycles. The number of benzene rings is 3. The van der Waals surface area contributed by atoms with Gasteiger partial charge in [-0.3, -0.25) is 13.8 Å². The van der Waals surface area contributed by atoms with E-state index in [1.165, 1.54) is 18.5 Å². The summed E-state index contributed by atoms with van der Waals surface area (Å²) < 4.78 is 36.5. The number of rotatable bonds is 11. The van der Waals surface area contributed by atoms with Crippen LogP contribution >= 0.6 is 11.6 Å². The standard InChI is InChI=1S/C29H26ClFN4O3S.2CH2O2/c1-39(36)12-11-32-16-23-7-10-27(38-23)20-5-8-26-24(14-20)29(34-18-33-26)35-22-6-9-28(25(30)15-22)37-17-19-3-2-4-21(31)13-19;2*2-1-3/h2-10,13-15,18,32H,11-12,16-17H2,1H3,(H,33,34,35);2*1H,(H,2,3). The molecule has 0 aliphatic rings. The van der Waals surface area contributed by atoms with Gasteiger partial charge in [0.1, 0.15) is 41.8 Å². The van der Waals surface area contributed by atoms with Gasteiger partial charge in [-0.15, -0.1) is 0 Å². The van der Waals surface area contributed by atoms with Crippen LogP contribution in [0.1, 0.15) is 11.3 Å². The van der Waals surface area contributed by atoms with E-state index in [0.29, 0.717) is 41.0 Å². The molecule has 236 valence electrons. The molecule has 1 unspecified atom stereocenters. The molecule has 5 aromatic rings. The Morgan fingerprint density at radius 3 is 2.51 bits per heavy atom. The fourth-order valence-corrected chi connectivity index (χ4v) is 4.65. The summed E-state index contributed by atoms with van der Waals surface area (Å²) in [6.45, 7) is 0.919. The molecule has 4 N–H and O–H groups in total. The zero-order valence-corrected chi connectivity index (χ0v) is 25.6. The lowest BCUT2D eigenvalue weighted by Crippen LogP contribution is -2.19. The minimum atomic E-state index is -0.826. The molecule has 45 heavy (non-hydrogen) atoms. The molecule has 14 heteroatoms. The van der Waals surface area contributed by atoms with Crippen LogP contribution in [0.4, 0.5) is 15.9 Å². The summed E-state index contributed by atoms with van der Waals surface area (Å²) in [4.78, 5) is 25.6. The highest BCUT2D eigenvalue weighted by atomic mass is 35.5. The number of nitrogens with zero attached hydrogens (tertiary/aromatic N) is 2. The van der Waals surface area contributed by atoms with Crippen molar-refractivity contribution in [1.29, 1.82) is 0 Å². The van der Waals surface area contributed by atoms with E-state index in [2.05, 4.69) is 20.6 Å². The number of carbonyl (C=O) groups is 2. The number of halogens is 2. The Bertz CT molecular complexity index is 1730. The van der Waals surface area contributed by atoms with Crippen molar-refractivity contribution < 1.29 is 37.6 Å². The maximum atomic E-state index is 13.4. The zero-order chi connectivity index (χ0) is 32.6. The largest absolute Gasteiger partial charge is 0.487 e. The number of fused-ring (bicyclic) bond motifs is 1. The average Bonchev–Trinajstić information content (AvgIpc) is 3.49.